The summed E-state index contributed by atoms with van der Waals surface area (Å²) < 4.78 is 19.0. The molecule has 7 nitrogen and oxygen atoms in total. The number of piperazine rings is 1. The molecule has 0 saturated carbocycles. The number of rotatable bonds is 7. The molecule has 0 unspecified atom stereocenters. The SMILES string of the molecule is CCOC(=O)CNC(=O)N1CCN(c2ccc(/C=C/c3cc(F)cc(-c4ccncc4)c3)cc2)CC1. The van der Waals surface area contributed by atoms with Gasteiger partial charge in [0.25, 0.3) is 0 Å². The molecule has 8 heteroatoms. The Morgan fingerprint density at radius 2 is 1.64 bits per heavy atom. The van der Waals surface area contributed by atoms with Gasteiger partial charge in [0.05, 0.1) is 6.61 Å². The van der Waals surface area contributed by atoms with Crippen molar-refractivity contribution >= 4 is 29.8 Å². The second kappa shape index (κ2) is 12.0. The van der Waals surface area contributed by atoms with Gasteiger partial charge in [-0.05, 0) is 71.6 Å². The van der Waals surface area contributed by atoms with Crippen LogP contribution in [0.1, 0.15) is 18.1 Å². The molecule has 0 spiro atoms. The first-order valence-electron chi connectivity index (χ1n) is 11.9. The summed E-state index contributed by atoms with van der Waals surface area (Å²) in [6.07, 6.45) is 7.24. The lowest BCUT2D eigenvalue weighted by atomic mass is 10.0. The average Bonchev–Trinajstić information content (AvgIpc) is 2.91. The van der Waals surface area contributed by atoms with Crippen molar-refractivity contribution in [3.63, 3.8) is 0 Å². The van der Waals surface area contributed by atoms with Gasteiger partial charge in [-0.25, -0.2) is 9.18 Å². The quantitative estimate of drug-likeness (QED) is 0.393. The molecule has 186 valence electrons. The van der Waals surface area contributed by atoms with E-state index in [0.29, 0.717) is 32.8 Å². The largest absolute Gasteiger partial charge is 0.465 e. The van der Waals surface area contributed by atoms with Crippen molar-refractivity contribution in [2.75, 3.05) is 44.2 Å². The summed E-state index contributed by atoms with van der Waals surface area (Å²) in [6, 6.07) is 16.6. The van der Waals surface area contributed by atoms with E-state index in [-0.39, 0.29) is 18.4 Å². The predicted molar refractivity (Wildman–Crippen MR) is 139 cm³/mol. The van der Waals surface area contributed by atoms with Crippen LogP contribution >= 0.6 is 0 Å². The maximum absolute atomic E-state index is 14.2. The number of urea groups is 1. The molecule has 0 radical (unpaired) electrons. The second-order valence-corrected chi connectivity index (χ2v) is 8.37. The number of anilines is 1. The summed E-state index contributed by atoms with van der Waals surface area (Å²) in [6.45, 7) is 4.42. The molecule has 2 aromatic carbocycles. The highest BCUT2D eigenvalue weighted by atomic mass is 19.1. The van der Waals surface area contributed by atoms with E-state index in [2.05, 4.69) is 15.2 Å². The van der Waals surface area contributed by atoms with Crippen LogP contribution in [-0.2, 0) is 9.53 Å². The monoisotopic (exact) mass is 488 g/mol. The van der Waals surface area contributed by atoms with Gasteiger partial charge in [-0.15, -0.1) is 0 Å². The molecule has 36 heavy (non-hydrogen) atoms. The van der Waals surface area contributed by atoms with Gasteiger partial charge in [-0.2, -0.15) is 0 Å². The molecule has 1 aliphatic rings. The molecule has 2 amide bonds. The van der Waals surface area contributed by atoms with E-state index in [1.54, 1.807) is 24.2 Å². The van der Waals surface area contributed by atoms with Crippen LogP contribution in [-0.4, -0.2) is 61.2 Å². The average molecular weight is 489 g/mol. The maximum Gasteiger partial charge on any atom is 0.325 e. The fourth-order valence-corrected chi connectivity index (χ4v) is 4.05. The number of aromatic nitrogens is 1. The number of halogens is 1. The lowest BCUT2D eigenvalue weighted by molar-refractivity contribution is -0.141. The number of benzene rings is 2. The molecule has 3 aromatic rings. The molecule has 1 fully saturated rings. The molecule has 1 aliphatic heterocycles. The van der Waals surface area contributed by atoms with Gasteiger partial charge in [-0.1, -0.05) is 24.3 Å². The van der Waals surface area contributed by atoms with Gasteiger partial charge in [0.1, 0.15) is 12.4 Å². The van der Waals surface area contributed by atoms with Crippen molar-refractivity contribution in [3.05, 3.63) is 83.9 Å². The van der Waals surface area contributed by atoms with Crippen molar-refractivity contribution in [2.24, 2.45) is 0 Å². The van der Waals surface area contributed by atoms with Crippen LogP contribution in [0.3, 0.4) is 0 Å². The number of hydrogen-bond donors (Lipinski definition) is 1. The molecule has 0 aliphatic carbocycles. The van der Waals surface area contributed by atoms with Gasteiger partial charge >= 0.3 is 12.0 Å². The third-order valence-electron chi connectivity index (χ3n) is 5.92. The zero-order chi connectivity index (χ0) is 25.3. The predicted octanol–water partition coefficient (Wildman–Crippen LogP) is 4.45. The van der Waals surface area contributed by atoms with Crippen LogP contribution in [0, 0.1) is 5.82 Å². The third-order valence-corrected chi connectivity index (χ3v) is 5.92. The minimum absolute atomic E-state index is 0.122. The topological polar surface area (TPSA) is 74.8 Å². The van der Waals surface area contributed by atoms with Crippen molar-refractivity contribution in [1.82, 2.24) is 15.2 Å². The van der Waals surface area contributed by atoms with Gasteiger partial charge in [-0.3, -0.25) is 9.78 Å². The molecule has 1 aromatic heterocycles. The molecule has 4 rings (SSSR count). The molecular formula is C28H29FN4O3. The lowest BCUT2D eigenvalue weighted by Gasteiger charge is -2.36. The summed E-state index contributed by atoms with van der Waals surface area (Å²) in [5.41, 5.74) is 4.58. The van der Waals surface area contributed by atoms with Crippen LogP contribution in [0.25, 0.3) is 23.3 Å². The van der Waals surface area contributed by atoms with Crippen molar-refractivity contribution in [3.8, 4) is 11.1 Å². The maximum atomic E-state index is 14.2. The number of hydrogen-bond acceptors (Lipinski definition) is 5. The number of esters is 1. The van der Waals surface area contributed by atoms with Gasteiger partial charge in [0.15, 0.2) is 0 Å². The van der Waals surface area contributed by atoms with E-state index < -0.39 is 5.97 Å². The van der Waals surface area contributed by atoms with E-state index in [1.807, 2.05) is 54.6 Å². The fraction of sp³-hybridized carbons (Fsp3) is 0.250. The molecule has 0 atom stereocenters. The zero-order valence-electron chi connectivity index (χ0n) is 20.2. The Morgan fingerprint density at radius 1 is 0.944 bits per heavy atom. The number of ether oxygens (including phenoxy) is 1. The van der Waals surface area contributed by atoms with Crippen molar-refractivity contribution in [2.45, 2.75) is 6.92 Å². The van der Waals surface area contributed by atoms with E-state index in [4.69, 9.17) is 4.74 Å². The number of nitrogens with one attached hydrogen (secondary N) is 1. The van der Waals surface area contributed by atoms with Gasteiger partial charge in [0, 0.05) is 44.3 Å². The summed E-state index contributed by atoms with van der Waals surface area (Å²) >= 11 is 0. The number of carbonyl (C=O) groups is 2. The summed E-state index contributed by atoms with van der Waals surface area (Å²) in [7, 11) is 0. The molecule has 1 saturated heterocycles. The highest BCUT2D eigenvalue weighted by molar-refractivity contribution is 5.81. The molecule has 2 heterocycles. The van der Waals surface area contributed by atoms with Gasteiger partial charge < -0.3 is 19.9 Å². The highest BCUT2D eigenvalue weighted by Crippen LogP contribution is 2.23. The molecule has 1 N–H and O–H groups in total. The highest BCUT2D eigenvalue weighted by Gasteiger charge is 2.21. The minimum Gasteiger partial charge on any atom is -0.465 e. The van der Waals surface area contributed by atoms with Crippen molar-refractivity contribution in [1.29, 1.82) is 0 Å². The van der Waals surface area contributed by atoms with Crippen LogP contribution < -0.4 is 10.2 Å². The number of nitrogens with zero attached hydrogens (tertiary/aromatic N) is 3. The zero-order valence-corrected chi connectivity index (χ0v) is 20.2. The van der Waals surface area contributed by atoms with Crippen LogP contribution in [0.2, 0.25) is 0 Å². The standard InChI is InChI=1S/C28H29FN4O3/c1-2-36-27(34)20-31-28(35)33-15-13-32(14-16-33)26-7-5-21(6-8-26)3-4-22-17-24(19-25(29)18-22)23-9-11-30-12-10-23/h3-12,17-19H,2,13-16,20H2,1H3,(H,31,35)/b4-3+. The smallest absolute Gasteiger partial charge is 0.325 e. The lowest BCUT2D eigenvalue weighted by Crippen LogP contribution is -2.52. The first-order valence-corrected chi connectivity index (χ1v) is 11.9. The van der Waals surface area contributed by atoms with E-state index in [1.165, 1.54) is 12.1 Å². The number of pyridine rings is 1. The van der Waals surface area contributed by atoms with E-state index >= 15 is 0 Å². The molecular weight excluding hydrogens is 459 g/mol. The minimum atomic E-state index is -0.440. The van der Waals surface area contributed by atoms with Crippen LogP contribution in [0.15, 0.2) is 67.0 Å². The summed E-state index contributed by atoms with van der Waals surface area (Å²) in [5, 5.41) is 2.60. The second-order valence-electron chi connectivity index (χ2n) is 8.37. The van der Waals surface area contributed by atoms with Crippen molar-refractivity contribution < 1.29 is 18.7 Å². The number of carbonyl (C=O) groups excluding carboxylic acids is 2. The van der Waals surface area contributed by atoms with Gasteiger partial charge in [0.2, 0.25) is 0 Å². The molecule has 0 bridgehead atoms. The Labute approximate surface area is 210 Å². The third kappa shape index (κ3) is 6.69. The summed E-state index contributed by atoms with van der Waals surface area (Å²) in [5.74, 6) is -0.724. The normalized spacial score (nSPS) is 13.6. The van der Waals surface area contributed by atoms with E-state index in [0.717, 1.165) is 27.9 Å². The first kappa shape index (κ1) is 24.9. The Hall–Kier alpha value is -4.20. The number of amides is 2. The van der Waals surface area contributed by atoms with Crippen LogP contribution in [0.4, 0.5) is 14.9 Å². The Morgan fingerprint density at radius 3 is 2.33 bits per heavy atom. The fourth-order valence-electron chi connectivity index (χ4n) is 4.05. The Bertz CT molecular complexity index is 1210. The van der Waals surface area contributed by atoms with Crippen LogP contribution in [0.5, 0.6) is 0 Å². The Balaban J connectivity index is 1.32. The Kier molecular flexibility index (Phi) is 8.28. The van der Waals surface area contributed by atoms with E-state index in [9.17, 15) is 14.0 Å². The summed E-state index contributed by atoms with van der Waals surface area (Å²) in [4.78, 5) is 31.6. The first-order chi connectivity index (χ1) is 17.5.